The number of aliphatic hydroxyl groups excluding tert-OH is 1. The van der Waals surface area contributed by atoms with Crippen LogP contribution in [0.2, 0.25) is 0 Å². The maximum Gasteiger partial charge on any atom is 0.413 e. The average molecular weight is 329 g/mol. The van der Waals surface area contributed by atoms with Gasteiger partial charge in [0.05, 0.1) is 12.1 Å². The summed E-state index contributed by atoms with van der Waals surface area (Å²) in [6, 6.07) is 3.17. The molecule has 0 aliphatic heterocycles. The third-order valence-corrected chi connectivity index (χ3v) is 3.60. The molecule has 0 aliphatic rings. The highest BCUT2D eigenvalue weighted by atomic mass is 19.4. The lowest BCUT2D eigenvalue weighted by atomic mass is 9.92. The summed E-state index contributed by atoms with van der Waals surface area (Å²) in [5, 5.41) is 11.8. The number of unbranched alkanes of at least 4 members (excludes halogenated alkanes) is 1. The first-order chi connectivity index (χ1) is 10.8. The van der Waals surface area contributed by atoms with E-state index in [2.05, 4.69) is 20.3 Å². The fourth-order valence-electron chi connectivity index (χ4n) is 2.26. The summed E-state index contributed by atoms with van der Waals surface area (Å²) in [5.41, 5.74) is 3.55. The van der Waals surface area contributed by atoms with Crippen LogP contribution >= 0.6 is 0 Å². The highest BCUT2D eigenvalue weighted by molar-refractivity contribution is 5.86. The van der Waals surface area contributed by atoms with Gasteiger partial charge in [-0.25, -0.2) is 4.98 Å². The number of rotatable bonds is 6. The molecule has 0 radical (unpaired) electrons. The number of aliphatic hydroxyl groups is 1. The van der Waals surface area contributed by atoms with Gasteiger partial charge in [0.1, 0.15) is 5.52 Å². The molecule has 0 amide bonds. The maximum atomic E-state index is 13.6. The highest BCUT2D eigenvalue weighted by Crippen LogP contribution is 2.38. The molecule has 0 aliphatic carbocycles. The van der Waals surface area contributed by atoms with Crippen LogP contribution in [0.5, 0.6) is 0 Å². The van der Waals surface area contributed by atoms with Crippen LogP contribution in [0.25, 0.3) is 11.0 Å². The van der Waals surface area contributed by atoms with Crippen LogP contribution in [0.15, 0.2) is 18.3 Å². The van der Waals surface area contributed by atoms with Crippen molar-refractivity contribution in [1.82, 2.24) is 15.0 Å². The molecule has 2 aromatic heterocycles. The highest BCUT2D eigenvalue weighted by Gasteiger charge is 2.54. The molecule has 2 rings (SSSR count). The minimum Gasteiger partial charge on any atom is -0.394 e. The van der Waals surface area contributed by atoms with E-state index in [9.17, 15) is 18.3 Å². The van der Waals surface area contributed by atoms with E-state index in [0.717, 1.165) is 0 Å². The average Bonchev–Trinajstić information content (AvgIpc) is 2.50. The van der Waals surface area contributed by atoms with Crippen molar-refractivity contribution in [1.29, 1.82) is 0 Å². The molecular formula is C14H18F3N5O. The predicted octanol–water partition coefficient (Wildman–Crippen LogP) is 2.50. The van der Waals surface area contributed by atoms with Crippen molar-refractivity contribution in [2.24, 2.45) is 0 Å². The van der Waals surface area contributed by atoms with E-state index in [-0.39, 0.29) is 23.7 Å². The first-order valence-electron chi connectivity index (χ1n) is 7.17. The molecule has 2 heterocycles. The zero-order valence-electron chi connectivity index (χ0n) is 12.6. The van der Waals surface area contributed by atoms with Crippen molar-refractivity contribution in [3.8, 4) is 0 Å². The summed E-state index contributed by atoms with van der Waals surface area (Å²) in [6.45, 7) is 0.660. The lowest BCUT2D eigenvalue weighted by Gasteiger charge is -2.35. The number of halogens is 3. The molecule has 0 bridgehead atoms. The Balaban J connectivity index is 2.51. The van der Waals surface area contributed by atoms with Crippen LogP contribution in [0, 0.1) is 0 Å². The van der Waals surface area contributed by atoms with Crippen molar-refractivity contribution in [2.75, 3.05) is 17.7 Å². The molecule has 4 N–H and O–H groups in total. The van der Waals surface area contributed by atoms with Gasteiger partial charge in [0, 0.05) is 6.20 Å². The Hall–Kier alpha value is -2.16. The van der Waals surface area contributed by atoms with Gasteiger partial charge < -0.3 is 16.2 Å². The molecule has 0 fully saturated rings. The van der Waals surface area contributed by atoms with Crippen molar-refractivity contribution in [2.45, 2.75) is 37.9 Å². The number of anilines is 2. The van der Waals surface area contributed by atoms with E-state index in [4.69, 9.17) is 5.73 Å². The van der Waals surface area contributed by atoms with Crippen molar-refractivity contribution in [3.63, 3.8) is 0 Å². The lowest BCUT2D eigenvalue weighted by Crippen LogP contribution is -2.55. The summed E-state index contributed by atoms with van der Waals surface area (Å²) >= 11 is 0. The molecule has 126 valence electrons. The van der Waals surface area contributed by atoms with Crippen molar-refractivity contribution >= 4 is 22.8 Å². The molecular weight excluding hydrogens is 311 g/mol. The summed E-state index contributed by atoms with van der Waals surface area (Å²) in [5.74, 6) is -0.312. The standard InChI is InChI=1S/C14H18F3N5O/c1-2-3-6-13(8-23,14(15,16)17)22-11-10-9(5-4-7-19-10)20-12(18)21-11/h4-5,7,23H,2-3,6,8H2,1H3,(H3,18,20,21,22)/t13-/m1/s1. The summed E-state index contributed by atoms with van der Waals surface area (Å²) in [4.78, 5) is 11.8. The first kappa shape index (κ1) is 17.2. The minimum atomic E-state index is -4.67. The molecule has 6 nitrogen and oxygen atoms in total. The Morgan fingerprint density at radius 2 is 2.04 bits per heavy atom. The molecule has 2 aromatic rings. The van der Waals surface area contributed by atoms with E-state index in [0.29, 0.717) is 18.4 Å². The molecule has 0 aromatic carbocycles. The Bertz CT molecular complexity index is 679. The number of hydrogen-bond donors (Lipinski definition) is 3. The van der Waals surface area contributed by atoms with Crippen LogP contribution in [0.1, 0.15) is 26.2 Å². The third-order valence-electron chi connectivity index (χ3n) is 3.60. The van der Waals surface area contributed by atoms with Gasteiger partial charge in [-0.1, -0.05) is 19.8 Å². The molecule has 0 saturated carbocycles. The van der Waals surface area contributed by atoms with Gasteiger partial charge in [0.15, 0.2) is 11.4 Å². The number of alkyl halides is 3. The molecule has 1 atom stereocenters. The van der Waals surface area contributed by atoms with Crippen LogP contribution in [0.3, 0.4) is 0 Å². The Morgan fingerprint density at radius 3 is 2.65 bits per heavy atom. The topological polar surface area (TPSA) is 97.0 Å². The third kappa shape index (κ3) is 3.44. The number of hydrogen-bond acceptors (Lipinski definition) is 6. The lowest BCUT2D eigenvalue weighted by molar-refractivity contribution is -0.190. The maximum absolute atomic E-state index is 13.6. The van der Waals surface area contributed by atoms with Gasteiger partial charge in [0.25, 0.3) is 0 Å². The Labute approximate surface area is 131 Å². The number of nitrogens with one attached hydrogen (secondary N) is 1. The zero-order chi connectivity index (χ0) is 17.1. The Kier molecular flexibility index (Phi) is 4.88. The number of nitrogens with zero attached hydrogens (tertiary/aromatic N) is 3. The van der Waals surface area contributed by atoms with Crippen molar-refractivity contribution in [3.05, 3.63) is 18.3 Å². The predicted molar refractivity (Wildman–Crippen MR) is 80.8 cm³/mol. The monoisotopic (exact) mass is 329 g/mol. The molecule has 9 heteroatoms. The van der Waals surface area contributed by atoms with Crippen LogP contribution in [-0.4, -0.2) is 38.4 Å². The van der Waals surface area contributed by atoms with E-state index in [1.807, 2.05) is 0 Å². The molecule has 0 saturated heterocycles. The largest absolute Gasteiger partial charge is 0.413 e. The van der Waals surface area contributed by atoms with Gasteiger partial charge in [0.2, 0.25) is 5.95 Å². The summed E-state index contributed by atoms with van der Waals surface area (Å²) in [6.07, 6.45) is -2.68. The smallest absolute Gasteiger partial charge is 0.394 e. The fraction of sp³-hybridized carbons (Fsp3) is 0.500. The van der Waals surface area contributed by atoms with Crippen LogP contribution in [0.4, 0.5) is 24.9 Å². The van der Waals surface area contributed by atoms with E-state index >= 15 is 0 Å². The molecule has 0 unspecified atom stereocenters. The van der Waals surface area contributed by atoms with Crippen LogP contribution in [-0.2, 0) is 0 Å². The first-order valence-corrected chi connectivity index (χ1v) is 7.17. The number of fused-ring (bicyclic) bond motifs is 1. The fourth-order valence-corrected chi connectivity index (χ4v) is 2.26. The van der Waals surface area contributed by atoms with Gasteiger partial charge >= 0.3 is 6.18 Å². The molecule has 23 heavy (non-hydrogen) atoms. The minimum absolute atomic E-state index is 0.143. The summed E-state index contributed by atoms with van der Waals surface area (Å²) < 4.78 is 40.7. The molecule has 0 spiro atoms. The zero-order valence-corrected chi connectivity index (χ0v) is 12.6. The number of nitrogens with two attached hydrogens (primary N) is 1. The number of aromatic nitrogens is 3. The van der Waals surface area contributed by atoms with Gasteiger partial charge in [-0.05, 0) is 18.6 Å². The van der Waals surface area contributed by atoms with Crippen molar-refractivity contribution < 1.29 is 18.3 Å². The van der Waals surface area contributed by atoms with E-state index in [1.54, 1.807) is 19.1 Å². The second kappa shape index (κ2) is 6.53. The SMILES string of the molecule is CCCC[C@](CO)(Nc1nc(N)nc2cccnc12)C(F)(F)F. The van der Waals surface area contributed by atoms with Crippen LogP contribution < -0.4 is 11.1 Å². The normalized spacial score (nSPS) is 14.7. The van der Waals surface area contributed by atoms with Gasteiger partial charge in [-0.15, -0.1) is 0 Å². The van der Waals surface area contributed by atoms with E-state index < -0.39 is 18.3 Å². The number of nitrogen functional groups attached to an aromatic ring is 1. The second-order valence-electron chi connectivity index (χ2n) is 5.27. The Morgan fingerprint density at radius 1 is 1.30 bits per heavy atom. The van der Waals surface area contributed by atoms with E-state index in [1.165, 1.54) is 6.20 Å². The number of pyridine rings is 1. The second-order valence-corrected chi connectivity index (χ2v) is 5.27. The summed E-state index contributed by atoms with van der Waals surface area (Å²) in [7, 11) is 0. The quantitative estimate of drug-likeness (QED) is 0.753. The van der Waals surface area contributed by atoms with Gasteiger partial charge in [-0.3, -0.25) is 4.98 Å². The van der Waals surface area contributed by atoms with Gasteiger partial charge in [-0.2, -0.15) is 18.2 Å².